The van der Waals surface area contributed by atoms with Crippen LogP contribution in [-0.2, 0) is 9.59 Å². The molecule has 6 nitrogen and oxygen atoms in total. The second-order valence-electron chi connectivity index (χ2n) is 6.45. The molecule has 0 bridgehead atoms. The van der Waals surface area contributed by atoms with Crippen LogP contribution in [0.4, 0.5) is 10.1 Å². The molecule has 0 unspecified atom stereocenters. The quantitative estimate of drug-likeness (QED) is 0.433. The number of halogens is 1. The molecule has 7 heteroatoms. The van der Waals surface area contributed by atoms with E-state index in [9.17, 15) is 14.0 Å². The minimum absolute atomic E-state index is 0.0678. The van der Waals surface area contributed by atoms with Crippen LogP contribution in [0.1, 0.15) is 25.3 Å². The lowest BCUT2D eigenvalue weighted by atomic mass is 10.0. The predicted octanol–water partition coefficient (Wildman–Crippen LogP) is 4.25. The van der Waals surface area contributed by atoms with Crippen molar-refractivity contribution in [3.63, 3.8) is 0 Å². The summed E-state index contributed by atoms with van der Waals surface area (Å²) in [4.78, 5) is 23.8. The molecule has 0 atom stereocenters. The van der Waals surface area contributed by atoms with Gasteiger partial charge in [0.1, 0.15) is 11.6 Å². The lowest BCUT2D eigenvalue weighted by Gasteiger charge is -2.09. The molecule has 0 fully saturated rings. The second kappa shape index (κ2) is 10.2. The van der Waals surface area contributed by atoms with Crippen LogP contribution < -0.4 is 15.5 Å². The van der Waals surface area contributed by atoms with E-state index in [4.69, 9.17) is 4.74 Å². The molecule has 30 heavy (non-hydrogen) atoms. The summed E-state index contributed by atoms with van der Waals surface area (Å²) in [5.41, 5.74) is 3.32. The topological polar surface area (TPSA) is 79.8 Å². The van der Waals surface area contributed by atoms with E-state index in [-0.39, 0.29) is 18.5 Å². The zero-order chi connectivity index (χ0) is 21.3. The third kappa shape index (κ3) is 5.41. The zero-order valence-corrected chi connectivity index (χ0v) is 16.5. The Kier molecular flexibility index (Phi) is 7.10. The first-order valence-electron chi connectivity index (χ1n) is 9.59. The first kappa shape index (κ1) is 21.0. The number of hydrazone groups is 1. The van der Waals surface area contributed by atoms with Gasteiger partial charge in [0, 0.05) is 23.8 Å². The monoisotopic (exact) mass is 407 g/mol. The molecule has 0 radical (unpaired) electrons. The molecule has 3 aromatic carbocycles. The van der Waals surface area contributed by atoms with E-state index in [2.05, 4.69) is 15.8 Å². The number of rotatable bonds is 8. The summed E-state index contributed by atoms with van der Waals surface area (Å²) < 4.78 is 19.2. The van der Waals surface area contributed by atoms with Crippen molar-refractivity contribution in [2.45, 2.75) is 19.8 Å². The van der Waals surface area contributed by atoms with Gasteiger partial charge < -0.3 is 10.1 Å². The number of hydrogen-bond donors (Lipinski definition) is 2. The van der Waals surface area contributed by atoms with Crippen molar-refractivity contribution in [2.75, 3.05) is 11.9 Å². The van der Waals surface area contributed by atoms with E-state index < -0.39 is 17.6 Å². The summed E-state index contributed by atoms with van der Waals surface area (Å²) in [6.45, 7) is 2.49. The largest absolute Gasteiger partial charge is 0.493 e. The highest BCUT2D eigenvalue weighted by Gasteiger charge is 2.09. The van der Waals surface area contributed by atoms with Gasteiger partial charge in [-0.2, -0.15) is 5.10 Å². The fraction of sp³-hybridized carbons (Fsp3) is 0.174. The van der Waals surface area contributed by atoms with Crippen LogP contribution >= 0.6 is 0 Å². The number of hydrogen-bond acceptors (Lipinski definition) is 4. The van der Waals surface area contributed by atoms with Gasteiger partial charge in [-0.25, -0.2) is 9.82 Å². The minimum Gasteiger partial charge on any atom is -0.493 e. The molecule has 0 aliphatic heterocycles. The highest BCUT2D eigenvalue weighted by molar-refractivity contribution is 6.02. The average Bonchev–Trinajstić information content (AvgIpc) is 2.75. The number of carbonyl (C=O) groups is 2. The maximum atomic E-state index is 13.5. The van der Waals surface area contributed by atoms with E-state index in [0.29, 0.717) is 6.61 Å². The third-order valence-corrected chi connectivity index (χ3v) is 4.34. The molecule has 2 amide bonds. The number of carbonyl (C=O) groups excluding carboxylic acids is 2. The Morgan fingerprint density at radius 3 is 2.43 bits per heavy atom. The fourth-order valence-corrected chi connectivity index (χ4v) is 2.92. The maximum absolute atomic E-state index is 13.5. The molecule has 154 valence electrons. The van der Waals surface area contributed by atoms with E-state index in [0.717, 1.165) is 22.1 Å². The highest BCUT2D eigenvalue weighted by atomic mass is 19.1. The number of ether oxygens (including phenoxy) is 1. The SMILES string of the molecule is CCOc1ccc(C=NNC(=O)CCC(=O)Nc2ccccc2F)c2ccccc12. The summed E-state index contributed by atoms with van der Waals surface area (Å²) >= 11 is 0. The van der Waals surface area contributed by atoms with Crippen LogP contribution in [0.2, 0.25) is 0 Å². The van der Waals surface area contributed by atoms with Gasteiger partial charge in [-0.1, -0.05) is 36.4 Å². The lowest BCUT2D eigenvalue weighted by molar-refractivity contribution is -0.124. The van der Waals surface area contributed by atoms with Gasteiger partial charge in [-0.15, -0.1) is 0 Å². The first-order valence-corrected chi connectivity index (χ1v) is 9.59. The van der Waals surface area contributed by atoms with Gasteiger partial charge in [0.2, 0.25) is 11.8 Å². The van der Waals surface area contributed by atoms with Crippen molar-refractivity contribution in [3.8, 4) is 5.75 Å². The Hall–Kier alpha value is -3.74. The van der Waals surface area contributed by atoms with Gasteiger partial charge in [0.25, 0.3) is 0 Å². The molecule has 3 rings (SSSR count). The van der Waals surface area contributed by atoms with Crippen molar-refractivity contribution >= 4 is 34.5 Å². The summed E-state index contributed by atoms with van der Waals surface area (Å²) in [6.07, 6.45) is 1.40. The van der Waals surface area contributed by atoms with Crippen molar-refractivity contribution in [2.24, 2.45) is 5.10 Å². The van der Waals surface area contributed by atoms with Gasteiger partial charge in [-0.05, 0) is 36.6 Å². The molecule has 0 heterocycles. The van der Waals surface area contributed by atoms with Crippen LogP contribution in [0.5, 0.6) is 5.75 Å². The Morgan fingerprint density at radius 1 is 0.967 bits per heavy atom. The summed E-state index contributed by atoms with van der Waals surface area (Å²) in [6, 6.07) is 17.3. The lowest BCUT2D eigenvalue weighted by Crippen LogP contribution is -2.21. The molecule has 0 aliphatic carbocycles. The summed E-state index contributed by atoms with van der Waals surface area (Å²) in [5, 5.41) is 8.33. The molecular formula is C23H22FN3O3. The first-order chi connectivity index (χ1) is 14.6. The number of anilines is 1. The summed E-state index contributed by atoms with van der Waals surface area (Å²) in [7, 11) is 0. The maximum Gasteiger partial charge on any atom is 0.240 e. The molecule has 3 aromatic rings. The number of fused-ring (bicyclic) bond motifs is 1. The molecule has 2 N–H and O–H groups in total. The van der Waals surface area contributed by atoms with Crippen LogP contribution in [-0.4, -0.2) is 24.6 Å². The van der Waals surface area contributed by atoms with E-state index in [1.165, 1.54) is 18.2 Å². The molecule has 0 aromatic heterocycles. The molecule has 0 saturated carbocycles. The smallest absolute Gasteiger partial charge is 0.240 e. The Labute approximate surface area is 173 Å². The number of amides is 2. The van der Waals surface area contributed by atoms with Crippen LogP contribution in [0.3, 0.4) is 0 Å². The van der Waals surface area contributed by atoms with Gasteiger partial charge in [0.15, 0.2) is 0 Å². The average molecular weight is 407 g/mol. The fourth-order valence-electron chi connectivity index (χ4n) is 2.92. The standard InChI is InChI=1S/C23H22FN3O3/c1-2-30-21-12-11-16(17-7-3-4-8-18(17)21)15-25-27-23(29)14-13-22(28)26-20-10-6-5-9-19(20)24/h3-12,15H,2,13-14H2,1H3,(H,26,28)(H,27,29). The number of para-hydroxylation sites is 1. The highest BCUT2D eigenvalue weighted by Crippen LogP contribution is 2.27. The number of nitrogens with zero attached hydrogens (tertiary/aromatic N) is 1. The van der Waals surface area contributed by atoms with E-state index in [1.807, 2.05) is 43.3 Å². The van der Waals surface area contributed by atoms with Gasteiger partial charge in [-0.3, -0.25) is 9.59 Å². The normalized spacial score (nSPS) is 10.9. The van der Waals surface area contributed by atoms with E-state index in [1.54, 1.807) is 12.3 Å². The van der Waals surface area contributed by atoms with Crippen molar-refractivity contribution in [1.82, 2.24) is 5.43 Å². The second-order valence-corrected chi connectivity index (χ2v) is 6.45. The molecule has 0 spiro atoms. The van der Waals surface area contributed by atoms with Crippen molar-refractivity contribution in [1.29, 1.82) is 0 Å². The van der Waals surface area contributed by atoms with Crippen molar-refractivity contribution in [3.05, 3.63) is 72.0 Å². The van der Waals surface area contributed by atoms with Gasteiger partial charge >= 0.3 is 0 Å². The Bertz CT molecular complexity index is 1080. The van der Waals surface area contributed by atoms with Crippen LogP contribution in [0, 0.1) is 5.82 Å². The molecule has 0 saturated heterocycles. The Morgan fingerprint density at radius 2 is 1.67 bits per heavy atom. The van der Waals surface area contributed by atoms with E-state index >= 15 is 0 Å². The third-order valence-electron chi connectivity index (χ3n) is 4.34. The Balaban J connectivity index is 1.55. The summed E-state index contributed by atoms with van der Waals surface area (Å²) in [5.74, 6) is -0.598. The predicted molar refractivity (Wildman–Crippen MR) is 115 cm³/mol. The van der Waals surface area contributed by atoms with Crippen LogP contribution in [0.25, 0.3) is 10.8 Å². The zero-order valence-electron chi connectivity index (χ0n) is 16.5. The van der Waals surface area contributed by atoms with Crippen LogP contribution in [0.15, 0.2) is 65.8 Å². The molecular weight excluding hydrogens is 385 g/mol. The number of benzene rings is 3. The van der Waals surface area contributed by atoms with Crippen molar-refractivity contribution < 1.29 is 18.7 Å². The molecule has 0 aliphatic rings. The minimum atomic E-state index is -0.525. The number of nitrogens with one attached hydrogen (secondary N) is 2. The van der Waals surface area contributed by atoms with Gasteiger partial charge in [0.05, 0.1) is 18.5 Å².